The Bertz CT molecular complexity index is 2550. The van der Waals surface area contributed by atoms with E-state index in [1.165, 1.54) is 32.7 Å². The van der Waals surface area contributed by atoms with Crippen molar-refractivity contribution in [1.29, 1.82) is 0 Å². The second-order valence-corrected chi connectivity index (χ2v) is 12.9. The first kappa shape index (κ1) is 30.4. The highest BCUT2D eigenvalue weighted by atomic mass is 16.3. The maximum atomic E-state index is 11.3. The Morgan fingerprint density at radius 2 is 1.12 bits per heavy atom. The molecule has 0 bridgehead atoms. The third-order valence-corrected chi connectivity index (χ3v) is 10.1. The van der Waals surface area contributed by atoms with Gasteiger partial charge in [-0.05, 0) is 66.7 Å². The number of benzene rings is 7. The van der Waals surface area contributed by atoms with Gasteiger partial charge < -0.3 is 10.0 Å². The summed E-state index contributed by atoms with van der Waals surface area (Å²) in [4.78, 5) is 7.16. The molecule has 8 radical (unpaired) electrons. The number of fused-ring (bicyclic) bond motifs is 4. The molecule has 2 unspecified atom stereocenters. The fraction of sp³-hybridized carbons (Fsp3) is 0.0465. The molecule has 0 spiro atoms. The van der Waals surface area contributed by atoms with Crippen LogP contribution in [-0.2, 0) is 0 Å². The largest absolute Gasteiger partial charge is 0.508 e. The molecule has 2 aliphatic rings. The van der Waals surface area contributed by atoms with Crippen LogP contribution >= 0.6 is 0 Å². The quantitative estimate of drug-likeness (QED) is 0.207. The van der Waals surface area contributed by atoms with E-state index in [0.717, 1.165) is 27.6 Å². The molecule has 50 heavy (non-hydrogen) atoms. The first-order valence-electron chi connectivity index (χ1n) is 16.6. The van der Waals surface area contributed by atoms with Gasteiger partial charge in [-0.25, -0.2) is 0 Å². The molecule has 226 valence electrons. The summed E-state index contributed by atoms with van der Waals surface area (Å²) in [5, 5.41) is 18.4. The van der Waals surface area contributed by atoms with Gasteiger partial charge in [-0.2, -0.15) is 0 Å². The lowest BCUT2D eigenvalue weighted by atomic mass is 9.64. The summed E-state index contributed by atoms with van der Waals surface area (Å²) in [6, 6.07) is 40.5. The maximum Gasteiger partial charge on any atom is 0.139 e. The Balaban J connectivity index is 1.28. The first-order valence-corrected chi connectivity index (χ1v) is 16.6. The Morgan fingerprint density at radius 3 is 1.84 bits per heavy atom. The predicted molar refractivity (Wildman–Crippen MR) is 214 cm³/mol. The lowest BCUT2D eigenvalue weighted by molar-refractivity contribution is 0.479. The lowest BCUT2D eigenvalue weighted by Gasteiger charge is -2.31. The Hall–Kier alpha value is -5.67. The van der Waals surface area contributed by atoms with E-state index in [9.17, 15) is 5.11 Å². The van der Waals surface area contributed by atoms with Crippen LogP contribution in [-0.4, -0.2) is 54.4 Å². The van der Waals surface area contributed by atoms with Crippen molar-refractivity contribution in [2.75, 3.05) is 4.90 Å². The van der Waals surface area contributed by atoms with Crippen molar-refractivity contribution in [3.63, 3.8) is 0 Å². The van der Waals surface area contributed by atoms with E-state index in [0.29, 0.717) is 5.84 Å². The van der Waals surface area contributed by atoms with Gasteiger partial charge in [0, 0.05) is 5.69 Å². The van der Waals surface area contributed by atoms with E-state index in [4.69, 9.17) is 36.4 Å². The smallest absolute Gasteiger partial charge is 0.139 e. The van der Waals surface area contributed by atoms with Crippen LogP contribution in [0.2, 0.25) is 0 Å². The van der Waals surface area contributed by atoms with Gasteiger partial charge in [-0.15, -0.1) is 10.9 Å². The Kier molecular flexibility index (Phi) is 7.13. The number of amidine groups is 1. The standard InChI is InChI=1S/C43H26B4N2O/c44-38-37(42(50)41(47)40(46)39(38)45)43-48-33-21-7-8-22-34(33)49(43)26-14-9-13-25(23-26)35-29-16-3-5-18-31(29)36(32-19-6-4-17-30(32)35)28-20-10-12-24-11-1-2-15-27(24)28/h1-23,33-34,50H. The van der Waals surface area contributed by atoms with Gasteiger partial charge in [0.2, 0.25) is 0 Å². The highest BCUT2D eigenvalue weighted by Gasteiger charge is 2.38. The molecule has 1 N–H and O–H groups in total. The molecule has 1 aliphatic carbocycles. The SMILES string of the molecule is [B]c1c([B])c([B])c(C2=NC3C=CC=CC3N2c2cccc(-c3c4ccccc4c(-c4cccc5ccccc45)c4ccccc34)c2)c(O)c1[B]. The van der Waals surface area contributed by atoms with E-state index in [1.54, 1.807) is 0 Å². The Labute approximate surface area is 296 Å². The Morgan fingerprint density at radius 1 is 0.540 bits per heavy atom. The average molecular weight is 630 g/mol. The van der Waals surface area contributed by atoms with E-state index < -0.39 is 0 Å². The second-order valence-electron chi connectivity index (χ2n) is 12.9. The molecular weight excluding hydrogens is 604 g/mol. The van der Waals surface area contributed by atoms with Crippen LogP contribution in [0, 0.1) is 0 Å². The van der Waals surface area contributed by atoms with E-state index >= 15 is 0 Å². The van der Waals surface area contributed by atoms with Gasteiger partial charge in [0.15, 0.2) is 0 Å². The van der Waals surface area contributed by atoms with Crippen LogP contribution in [0.1, 0.15) is 5.56 Å². The zero-order valence-electron chi connectivity index (χ0n) is 27.1. The summed E-state index contributed by atoms with van der Waals surface area (Å²) in [6.07, 6.45) is 8.14. The molecule has 9 rings (SSSR count). The average Bonchev–Trinajstić information content (AvgIpc) is 3.54. The lowest BCUT2D eigenvalue weighted by Crippen LogP contribution is -2.51. The summed E-state index contributed by atoms with van der Waals surface area (Å²) in [7, 11) is 25.2. The monoisotopic (exact) mass is 630 g/mol. The van der Waals surface area contributed by atoms with Crippen molar-refractivity contribution < 1.29 is 5.11 Å². The zero-order chi connectivity index (χ0) is 34.1. The molecular formula is C43H26B4N2O. The summed E-state index contributed by atoms with van der Waals surface area (Å²) in [6.45, 7) is 0. The molecule has 0 aromatic heterocycles. The number of rotatable bonds is 4. The minimum absolute atomic E-state index is 0.0201. The molecule has 1 heterocycles. The molecule has 0 amide bonds. The van der Waals surface area contributed by atoms with E-state index in [2.05, 4.69) is 126 Å². The topological polar surface area (TPSA) is 35.8 Å². The molecule has 7 aromatic rings. The molecule has 0 saturated heterocycles. The number of phenols is 1. The summed E-state index contributed by atoms with van der Waals surface area (Å²) < 4.78 is 0. The highest BCUT2D eigenvalue weighted by molar-refractivity contribution is 6.64. The van der Waals surface area contributed by atoms with Crippen molar-refractivity contribution in [3.05, 3.63) is 145 Å². The van der Waals surface area contributed by atoms with Crippen LogP contribution in [0.4, 0.5) is 5.69 Å². The third kappa shape index (κ3) is 4.53. The first-order chi connectivity index (χ1) is 24.4. The van der Waals surface area contributed by atoms with Crippen molar-refractivity contribution in [2.24, 2.45) is 4.99 Å². The van der Waals surface area contributed by atoms with Gasteiger partial charge in [0.1, 0.15) is 43.0 Å². The van der Waals surface area contributed by atoms with Crippen molar-refractivity contribution >= 4 is 97.1 Å². The molecule has 1 aliphatic heterocycles. The van der Waals surface area contributed by atoms with Gasteiger partial charge >= 0.3 is 0 Å². The van der Waals surface area contributed by atoms with E-state index in [1.807, 2.05) is 18.2 Å². The van der Waals surface area contributed by atoms with Crippen LogP contribution in [0.15, 0.2) is 145 Å². The second kappa shape index (κ2) is 11.7. The fourth-order valence-electron chi connectivity index (χ4n) is 7.79. The molecule has 2 atom stereocenters. The number of aliphatic imine (C=N–C) groups is 1. The summed E-state index contributed by atoms with van der Waals surface area (Å²) >= 11 is 0. The number of hydrogen-bond acceptors (Lipinski definition) is 3. The fourth-order valence-corrected chi connectivity index (χ4v) is 7.79. The van der Waals surface area contributed by atoms with Crippen molar-refractivity contribution in [3.8, 4) is 28.0 Å². The number of allylic oxidation sites excluding steroid dienone is 2. The number of hydrogen-bond donors (Lipinski definition) is 1. The third-order valence-electron chi connectivity index (χ3n) is 10.1. The number of aromatic hydroxyl groups is 1. The van der Waals surface area contributed by atoms with Crippen LogP contribution in [0.25, 0.3) is 54.6 Å². The van der Waals surface area contributed by atoms with Crippen molar-refractivity contribution in [2.45, 2.75) is 12.1 Å². The minimum Gasteiger partial charge on any atom is -0.508 e. The molecule has 0 fully saturated rings. The highest BCUT2D eigenvalue weighted by Crippen LogP contribution is 2.46. The predicted octanol–water partition coefficient (Wildman–Crippen LogP) is 5.49. The molecule has 0 saturated carbocycles. The van der Waals surface area contributed by atoms with Crippen molar-refractivity contribution in [1.82, 2.24) is 0 Å². The van der Waals surface area contributed by atoms with Gasteiger partial charge in [0.05, 0.1) is 17.6 Å². The van der Waals surface area contributed by atoms with Gasteiger partial charge in [-0.1, -0.05) is 138 Å². The molecule has 7 aromatic carbocycles. The maximum absolute atomic E-state index is 11.3. The minimum atomic E-state index is -0.235. The van der Waals surface area contributed by atoms with Crippen LogP contribution < -0.4 is 26.8 Å². The van der Waals surface area contributed by atoms with Crippen LogP contribution in [0.3, 0.4) is 0 Å². The van der Waals surface area contributed by atoms with Crippen LogP contribution in [0.5, 0.6) is 5.75 Å². The summed E-state index contributed by atoms with van der Waals surface area (Å²) in [5.74, 6) is 0.240. The molecule has 7 heteroatoms. The molecule has 3 nitrogen and oxygen atoms in total. The normalized spacial score (nSPS) is 16.7. The number of phenolic OH excluding ortho intramolecular Hbond substituents is 1. The van der Waals surface area contributed by atoms with E-state index in [-0.39, 0.29) is 45.2 Å². The number of anilines is 1. The summed E-state index contributed by atoms with van der Waals surface area (Å²) in [5.41, 5.74) is 6.05. The van der Waals surface area contributed by atoms with Gasteiger partial charge in [-0.3, -0.25) is 4.99 Å². The van der Waals surface area contributed by atoms with Gasteiger partial charge in [0.25, 0.3) is 0 Å². The zero-order valence-corrected chi connectivity index (χ0v) is 27.1. The number of nitrogens with zero attached hydrogens (tertiary/aromatic N) is 2.